The van der Waals surface area contributed by atoms with Crippen LogP contribution in [0.3, 0.4) is 0 Å². The Morgan fingerprint density at radius 2 is 1.22 bits per heavy atom. The van der Waals surface area contributed by atoms with E-state index in [0.717, 1.165) is 9.80 Å². The summed E-state index contributed by atoms with van der Waals surface area (Å²) >= 11 is 0. The second-order valence-electron chi connectivity index (χ2n) is 4.12. The van der Waals surface area contributed by atoms with Crippen LogP contribution in [0.2, 0.25) is 0 Å². The number of imide groups is 2. The number of carbonyl (C=O) groups excluding carboxylic acids is 4. The molecule has 0 aromatic rings. The zero-order valence-corrected chi connectivity index (χ0v) is 11.5. The van der Waals surface area contributed by atoms with Crippen LogP contribution >= 0.6 is 0 Å². The van der Waals surface area contributed by atoms with Gasteiger partial charge in [-0.2, -0.15) is 0 Å². The highest BCUT2D eigenvalue weighted by Gasteiger charge is 2.27. The van der Waals surface area contributed by atoms with Gasteiger partial charge < -0.3 is 0 Å². The maximum absolute atomic E-state index is 11.4. The summed E-state index contributed by atoms with van der Waals surface area (Å²) < 4.78 is 0. The van der Waals surface area contributed by atoms with Crippen molar-refractivity contribution in [1.82, 2.24) is 9.80 Å². The van der Waals surface area contributed by atoms with Gasteiger partial charge in [0.05, 0.1) is 6.04 Å². The Kier molecular flexibility index (Phi) is 6.22. The Hall–Kier alpha value is -1.72. The second kappa shape index (κ2) is 6.88. The van der Waals surface area contributed by atoms with Crippen LogP contribution in [-0.2, 0) is 19.2 Å². The maximum atomic E-state index is 11.4. The monoisotopic (exact) mass is 256 g/mol. The van der Waals surface area contributed by atoms with Gasteiger partial charge in [0.15, 0.2) is 0 Å². The van der Waals surface area contributed by atoms with Gasteiger partial charge in [0.1, 0.15) is 0 Å². The average molecular weight is 256 g/mol. The van der Waals surface area contributed by atoms with Gasteiger partial charge in [-0.05, 0) is 6.42 Å². The molecule has 0 saturated carbocycles. The van der Waals surface area contributed by atoms with Gasteiger partial charge >= 0.3 is 0 Å². The van der Waals surface area contributed by atoms with E-state index in [-0.39, 0.29) is 18.4 Å². The minimum Gasteiger partial charge on any atom is -0.281 e. The van der Waals surface area contributed by atoms with E-state index < -0.39 is 17.9 Å². The van der Waals surface area contributed by atoms with Crippen molar-refractivity contribution in [2.45, 2.75) is 47.1 Å². The Morgan fingerprint density at radius 1 is 0.833 bits per heavy atom. The summed E-state index contributed by atoms with van der Waals surface area (Å²) in [7, 11) is 0. The molecule has 4 amide bonds. The van der Waals surface area contributed by atoms with Crippen LogP contribution in [0, 0.1) is 0 Å². The molecule has 0 aliphatic rings. The molecule has 1 unspecified atom stereocenters. The molecule has 6 nitrogen and oxygen atoms in total. The molecule has 0 aliphatic carbocycles. The van der Waals surface area contributed by atoms with Crippen LogP contribution < -0.4 is 0 Å². The predicted octanol–water partition coefficient (Wildman–Crippen LogP) is 0.555. The Bertz CT molecular complexity index is 337. The third-order valence-corrected chi connectivity index (χ3v) is 2.67. The van der Waals surface area contributed by atoms with Gasteiger partial charge in [-0.25, -0.2) is 0 Å². The molecule has 0 spiro atoms. The Labute approximate surface area is 107 Å². The molecule has 0 rings (SSSR count). The highest BCUT2D eigenvalue weighted by atomic mass is 16.2. The molecule has 0 aliphatic heterocycles. The molecule has 0 saturated heterocycles. The van der Waals surface area contributed by atoms with Gasteiger partial charge in [0, 0.05) is 34.2 Å². The molecule has 0 radical (unpaired) electrons. The lowest BCUT2D eigenvalue weighted by Crippen LogP contribution is -2.50. The first-order valence-electron chi connectivity index (χ1n) is 5.81. The summed E-state index contributed by atoms with van der Waals surface area (Å²) in [6.45, 7) is 6.97. The van der Waals surface area contributed by atoms with E-state index in [9.17, 15) is 19.2 Å². The fourth-order valence-electron chi connectivity index (χ4n) is 1.82. The fourth-order valence-corrected chi connectivity index (χ4v) is 1.82. The Balaban J connectivity index is 5.07. The van der Waals surface area contributed by atoms with Gasteiger partial charge in [-0.1, -0.05) is 6.92 Å². The molecule has 0 aromatic carbocycles. The molecule has 6 heteroatoms. The van der Waals surface area contributed by atoms with Crippen molar-refractivity contribution >= 4 is 23.6 Å². The highest BCUT2D eigenvalue weighted by Crippen LogP contribution is 2.09. The first-order valence-corrected chi connectivity index (χ1v) is 5.81. The minimum atomic E-state index is -0.479. The van der Waals surface area contributed by atoms with Crippen molar-refractivity contribution < 1.29 is 19.2 Å². The first-order chi connectivity index (χ1) is 8.22. The zero-order chi connectivity index (χ0) is 14.5. The quantitative estimate of drug-likeness (QED) is 0.736. The average Bonchev–Trinajstić information content (AvgIpc) is 2.21. The smallest absolute Gasteiger partial charge is 0.226 e. The summed E-state index contributed by atoms with van der Waals surface area (Å²) in [6, 6.07) is -0.479. The molecule has 18 heavy (non-hydrogen) atoms. The molecule has 0 N–H and O–H groups in total. The topological polar surface area (TPSA) is 74.8 Å². The molecule has 0 heterocycles. The molecular weight excluding hydrogens is 236 g/mol. The van der Waals surface area contributed by atoms with Gasteiger partial charge in [-0.3, -0.25) is 29.0 Å². The van der Waals surface area contributed by atoms with Gasteiger partial charge in [-0.15, -0.1) is 0 Å². The van der Waals surface area contributed by atoms with E-state index in [4.69, 9.17) is 0 Å². The van der Waals surface area contributed by atoms with Gasteiger partial charge in [0.25, 0.3) is 0 Å². The summed E-state index contributed by atoms with van der Waals surface area (Å²) in [5.74, 6) is -1.57. The molecule has 1 atom stereocenters. The number of amides is 4. The lowest BCUT2D eigenvalue weighted by molar-refractivity contribution is -0.150. The lowest BCUT2D eigenvalue weighted by atomic mass is 10.1. The normalized spacial score (nSPS) is 11.6. The number of hydrogen-bond acceptors (Lipinski definition) is 4. The van der Waals surface area contributed by atoms with Crippen molar-refractivity contribution in [1.29, 1.82) is 0 Å². The van der Waals surface area contributed by atoms with E-state index in [1.54, 1.807) is 6.92 Å². The third-order valence-electron chi connectivity index (χ3n) is 2.67. The van der Waals surface area contributed by atoms with Crippen LogP contribution in [0.25, 0.3) is 0 Å². The van der Waals surface area contributed by atoms with E-state index in [1.807, 2.05) is 0 Å². The van der Waals surface area contributed by atoms with Crippen LogP contribution in [0.4, 0.5) is 0 Å². The van der Waals surface area contributed by atoms with Crippen molar-refractivity contribution in [3.63, 3.8) is 0 Å². The molecule has 0 aromatic heterocycles. The largest absolute Gasteiger partial charge is 0.281 e. The van der Waals surface area contributed by atoms with Crippen molar-refractivity contribution in [3.8, 4) is 0 Å². The first kappa shape index (κ1) is 16.3. The predicted molar refractivity (Wildman–Crippen MR) is 65.3 cm³/mol. The van der Waals surface area contributed by atoms with Crippen molar-refractivity contribution in [2.75, 3.05) is 6.54 Å². The summed E-state index contributed by atoms with van der Waals surface area (Å²) in [5, 5.41) is 0. The maximum Gasteiger partial charge on any atom is 0.226 e. The highest BCUT2D eigenvalue weighted by molar-refractivity contribution is 5.95. The summed E-state index contributed by atoms with van der Waals surface area (Å²) in [4.78, 5) is 47.6. The summed E-state index contributed by atoms with van der Waals surface area (Å²) in [6.07, 6.45) is 0.482. The standard InChI is InChI=1S/C12H20N2O4/c1-6-12(14(10(4)17)11(5)18)7-13(8(2)15)9(3)16/h12H,6-7H2,1-5H3. The SMILES string of the molecule is CCC(CN(C(C)=O)C(C)=O)N(C(C)=O)C(C)=O. The fraction of sp³-hybridized carbons (Fsp3) is 0.667. The number of hydrogen-bond donors (Lipinski definition) is 0. The molecule has 102 valence electrons. The van der Waals surface area contributed by atoms with Crippen molar-refractivity contribution in [3.05, 3.63) is 0 Å². The molecule has 0 bridgehead atoms. The van der Waals surface area contributed by atoms with Crippen LogP contribution in [0.5, 0.6) is 0 Å². The van der Waals surface area contributed by atoms with Gasteiger partial charge in [0.2, 0.25) is 23.6 Å². The molecule has 0 fully saturated rings. The van der Waals surface area contributed by atoms with Crippen molar-refractivity contribution in [2.24, 2.45) is 0 Å². The zero-order valence-electron chi connectivity index (χ0n) is 11.5. The number of carbonyl (C=O) groups is 4. The van der Waals surface area contributed by atoms with E-state index in [2.05, 4.69) is 0 Å². The van der Waals surface area contributed by atoms with Crippen LogP contribution in [0.1, 0.15) is 41.0 Å². The third kappa shape index (κ3) is 4.27. The minimum absolute atomic E-state index is 0.0420. The molecular formula is C12H20N2O4. The van der Waals surface area contributed by atoms with Crippen LogP contribution in [0.15, 0.2) is 0 Å². The Morgan fingerprint density at radius 3 is 1.44 bits per heavy atom. The summed E-state index contributed by atoms with van der Waals surface area (Å²) in [5.41, 5.74) is 0. The van der Waals surface area contributed by atoms with Crippen LogP contribution in [-0.4, -0.2) is 46.0 Å². The van der Waals surface area contributed by atoms with E-state index >= 15 is 0 Å². The second-order valence-corrected chi connectivity index (χ2v) is 4.12. The van der Waals surface area contributed by atoms with E-state index in [1.165, 1.54) is 27.7 Å². The lowest BCUT2D eigenvalue weighted by Gasteiger charge is -2.31. The number of nitrogens with zero attached hydrogens (tertiary/aromatic N) is 2. The number of rotatable bonds is 4. The van der Waals surface area contributed by atoms with E-state index in [0.29, 0.717) is 6.42 Å².